The molecule has 2 aliphatic heterocycles. The van der Waals surface area contributed by atoms with E-state index in [4.69, 9.17) is 4.74 Å². The molecule has 3 rings (SSSR count). The Kier molecular flexibility index (Phi) is 3.04. The zero-order valence-electron chi connectivity index (χ0n) is 10.3. The maximum Gasteiger partial charge on any atom is 0.471 e. The van der Waals surface area contributed by atoms with E-state index in [0.717, 1.165) is 0 Å². The van der Waals surface area contributed by atoms with Gasteiger partial charge < -0.3 is 14.7 Å². The molecule has 0 unspecified atom stereocenters. The number of aliphatic carboxylic acids is 1. The Bertz CT molecular complexity index is 415. The maximum absolute atomic E-state index is 12.5. The number of rotatable bonds is 3. The summed E-state index contributed by atoms with van der Waals surface area (Å²) in [6.07, 6.45) is -4.67. The van der Waals surface area contributed by atoms with Crippen LogP contribution in [0.4, 0.5) is 13.2 Å². The van der Waals surface area contributed by atoms with E-state index >= 15 is 0 Å². The van der Waals surface area contributed by atoms with Crippen LogP contribution in [0.1, 0.15) is 19.3 Å². The van der Waals surface area contributed by atoms with E-state index in [9.17, 15) is 27.9 Å². The highest BCUT2D eigenvalue weighted by atomic mass is 19.4. The first-order valence-electron chi connectivity index (χ1n) is 5.78. The monoisotopic (exact) mass is 281 g/mol. The van der Waals surface area contributed by atoms with Gasteiger partial charge >= 0.3 is 18.1 Å². The van der Waals surface area contributed by atoms with Gasteiger partial charge in [-0.3, -0.25) is 4.79 Å². The summed E-state index contributed by atoms with van der Waals surface area (Å²) in [4.78, 5) is 23.1. The number of halogens is 3. The quantitative estimate of drug-likeness (QED) is 0.839. The Morgan fingerprint density at radius 1 is 1.37 bits per heavy atom. The minimum atomic E-state index is -5.04. The number of fused-ring (bicyclic) bond motifs is 2. The fourth-order valence-corrected chi connectivity index (χ4v) is 3.32. The Hall–Kier alpha value is -1.31. The Morgan fingerprint density at radius 2 is 1.95 bits per heavy atom. The topological polar surface area (TPSA) is 66.8 Å². The molecule has 2 bridgehead atoms. The molecule has 3 aliphatic rings. The van der Waals surface area contributed by atoms with Crippen molar-refractivity contribution < 1.29 is 32.6 Å². The van der Waals surface area contributed by atoms with Crippen molar-refractivity contribution in [3.63, 3.8) is 0 Å². The van der Waals surface area contributed by atoms with Crippen LogP contribution < -0.4 is 0 Å². The van der Waals surface area contributed by atoms with Crippen molar-refractivity contribution in [3.05, 3.63) is 0 Å². The average Bonchev–Trinajstić information content (AvgIpc) is 2.25. The highest BCUT2D eigenvalue weighted by Gasteiger charge is 2.68. The van der Waals surface area contributed by atoms with E-state index in [1.807, 2.05) is 0 Å². The summed E-state index contributed by atoms with van der Waals surface area (Å²) in [5.41, 5.74) is -2.13. The van der Waals surface area contributed by atoms with Crippen LogP contribution in [-0.4, -0.2) is 53.9 Å². The second kappa shape index (κ2) is 4.09. The van der Waals surface area contributed by atoms with Crippen molar-refractivity contribution in [3.8, 4) is 0 Å². The molecule has 5 nitrogen and oxygen atoms in total. The molecule has 1 N–H and O–H groups in total. The molecule has 0 aromatic carbocycles. The van der Waals surface area contributed by atoms with Gasteiger partial charge in [0.2, 0.25) is 0 Å². The van der Waals surface area contributed by atoms with Gasteiger partial charge in [-0.25, -0.2) is 4.79 Å². The van der Waals surface area contributed by atoms with Gasteiger partial charge in [0.25, 0.3) is 0 Å². The molecule has 0 atom stereocenters. The lowest BCUT2D eigenvalue weighted by Crippen LogP contribution is -2.74. The van der Waals surface area contributed by atoms with Gasteiger partial charge in [-0.2, -0.15) is 13.2 Å². The van der Waals surface area contributed by atoms with Crippen molar-refractivity contribution in [1.82, 2.24) is 4.90 Å². The summed E-state index contributed by atoms with van der Waals surface area (Å²) in [6, 6.07) is 0. The molecule has 2 saturated heterocycles. The van der Waals surface area contributed by atoms with Crippen molar-refractivity contribution in [2.24, 2.45) is 5.41 Å². The van der Waals surface area contributed by atoms with Gasteiger partial charge in [0, 0.05) is 19.1 Å². The van der Waals surface area contributed by atoms with Crippen molar-refractivity contribution in [2.45, 2.75) is 31.0 Å². The lowest BCUT2D eigenvalue weighted by molar-refractivity contribution is -0.223. The molecule has 3 fully saturated rings. The molecule has 0 aromatic heterocycles. The number of methoxy groups -OCH3 is 1. The van der Waals surface area contributed by atoms with Crippen LogP contribution in [0.5, 0.6) is 0 Å². The van der Waals surface area contributed by atoms with E-state index in [1.54, 1.807) is 0 Å². The number of hydrogen-bond acceptors (Lipinski definition) is 3. The van der Waals surface area contributed by atoms with Crippen LogP contribution in [0.15, 0.2) is 0 Å². The van der Waals surface area contributed by atoms with Gasteiger partial charge in [0.15, 0.2) is 0 Å². The lowest BCUT2D eigenvalue weighted by Gasteiger charge is -2.62. The molecule has 0 aromatic rings. The molecule has 1 saturated carbocycles. The van der Waals surface area contributed by atoms with Crippen LogP contribution >= 0.6 is 0 Å². The molecule has 0 radical (unpaired) electrons. The SMILES string of the molecule is COCC12CCN(C(=O)C(F)(F)F)C(C(=O)O)(C1)C2. The van der Waals surface area contributed by atoms with Crippen molar-refractivity contribution >= 4 is 11.9 Å². The third-order valence-electron chi connectivity index (χ3n) is 4.05. The number of alkyl halides is 3. The van der Waals surface area contributed by atoms with Crippen LogP contribution in [0.3, 0.4) is 0 Å². The normalized spacial score (nSPS) is 33.8. The fraction of sp³-hybridized carbons (Fsp3) is 0.818. The third-order valence-corrected chi connectivity index (χ3v) is 4.05. The minimum absolute atomic E-state index is 0.0188. The third kappa shape index (κ3) is 1.98. The Morgan fingerprint density at radius 3 is 2.37 bits per heavy atom. The van der Waals surface area contributed by atoms with Crippen LogP contribution in [0, 0.1) is 5.41 Å². The predicted octanol–water partition coefficient (Wildman–Crippen LogP) is 1.03. The summed E-state index contributed by atoms with van der Waals surface area (Å²) < 4.78 is 42.5. The maximum atomic E-state index is 12.5. The first-order valence-corrected chi connectivity index (χ1v) is 5.78. The molecular formula is C11H14F3NO4. The number of nitrogens with zero attached hydrogens (tertiary/aromatic N) is 1. The van der Waals surface area contributed by atoms with Crippen LogP contribution in [0.2, 0.25) is 0 Å². The molecule has 1 aliphatic carbocycles. The van der Waals surface area contributed by atoms with Crippen molar-refractivity contribution in [2.75, 3.05) is 20.3 Å². The van der Waals surface area contributed by atoms with Gasteiger partial charge in [-0.15, -0.1) is 0 Å². The van der Waals surface area contributed by atoms with Gasteiger partial charge in [0.05, 0.1) is 6.61 Å². The van der Waals surface area contributed by atoms with E-state index in [1.165, 1.54) is 7.11 Å². The smallest absolute Gasteiger partial charge is 0.471 e. The number of hydrogen-bond donors (Lipinski definition) is 1. The summed E-state index contributed by atoms with van der Waals surface area (Å²) in [5.74, 6) is -3.45. The van der Waals surface area contributed by atoms with E-state index in [2.05, 4.69) is 0 Å². The number of piperidine rings is 2. The summed E-state index contributed by atoms with van der Waals surface area (Å²) in [5, 5.41) is 9.20. The molecule has 0 spiro atoms. The molecular weight excluding hydrogens is 267 g/mol. The second-order valence-corrected chi connectivity index (χ2v) is 5.33. The fourth-order valence-electron chi connectivity index (χ4n) is 3.32. The van der Waals surface area contributed by atoms with E-state index in [-0.39, 0.29) is 19.4 Å². The van der Waals surface area contributed by atoms with Gasteiger partial charge in [-0.05, 0) is 19.3 Å². The standard InChI is InChI=1S/C11H14F3NO4/c1-19-6-9-2-3-15(7(16)11(12,13)14)10(4-9,5-9)8(17)18/h2-6H2,1H3,(H,17,18). The molecule has 8 heteroatoms. The van der Waals surface area contributed by atoms with Crippen LogP contribution in [-0.2, 0) is 14.3 Å². The van der Waals surface area contributed by atoms with Crippen LogP contribution in [0.25, 0.3) is 0 Å². The molecule has 108 valence electrons. The predicted molar refractivity (Wildman–Crippen MR) is 56.3 cm³/mol. The highest BCUT2D eigenvalue weighted by molar-refractivity contribution is 5.91. The van der Waals surface area contributed by atoms with Crippen molar-refractivity contribution in [1.29, 1.82) is 0 Å². The molecule has 1 amide bonds. The van der Waals surface area contributed by atoms with E-state index < -0.39 is 29.0 Å². The zero-order chi connectivity index (χ0) is 14.5. The number of carboxylic acid groups (broad SMARTS) is 1. The van der Waals surface area contributed by atoms with E-state index in [0.29, 0.717) is 17.9 Å². The number of carbonyl (C=O) groups excluding carboxylic acids is 1. The summed E-state index contributed by atoms with van der Waals surface area (Å²) in [7, 11) is 1.46. The minimum Gasteiger partial charge on any atom is -0.479 e. The van der Waals surface area contributed by atoms with Gasteiger partial charge in [0.1, 0.15) is 5.54 Å². The first kappa shape index (κ1) is 14.1. The average molecular weight is 281 g/mol. The molecule has 2 heterocycles. The number of carboxylic acids is 1. The number of carbonyl (C=O) groups is 2. The molecule has 19 heavy (non-hydrogen) atoms. The highest BCUT2D eigenvalue weighted by Crippen LogP contribution is 2.58. The summed E-state index contributed by atoms with van der Waals surface area (Å²) in [6.45, 7) is 0.101. The second-order valence-electron chi connectivity index (χ2n) is 5.33. The Labute approximate surface area is 107 Å². The largest absolute Gasteiger partial charge is 0.479 e. The zero-order valence-corrected chi connectivity index (χ0v) is 10.3. The van der Waals surface area contributed by atoms with Gasteiger partial charge in [-0.1, -0.05) is 0 Å². The lowest BCUT2D eigenvalue weighted by atomic mass is 9.52. The number of ether oxygens (including phenoxy) is 1. The number of amides is 1. The summed E-state index contributed by atoms with van der Waals surface area (Å²) >= 11 is 0. The Balaban J connectivity index is 2.25. The first-order chi connectivity index (χ1) is 8.67.